The second-order valence-corrected chi connectivity index (χ2v) is 7.55. The van der Waals surface area contributed by atoms with E-state index in [2.05, 4.69) is 27.0 Å². The summed E-state index contributed by atoms with van der Waals surface area (Å²) < 4.78 is 20.3. The monoisotopic (exact) mass is 424 g/mol. The molecule has 0 saturated carbocycles. The third kappa shape index (κ3) is 5.10. The first kappa shape index (κ1) is 21.0. The first-order valence-electron chi connectivity index (χ1n) is 10.4. The van der Waals surface area contributed by atoms with Crippen molar-refractivity contribution in [2.45, 2.75) is 6.92 Å². The van der Waals surface area contributed by atoms with Crippen molar-refractivity contribution in [1.82, 2.24) is 14.8 Å². The number of ether oxygens (including phenoxy) is 1. The van der Waals surface area contributed by atoms with Crippen molar-refractivity contribution in [2.75, 3.05) is 44.6 Å². The quantitative estimate of drug-likeness (QED) is 0.636. The summed E-state index contributed by atoms with van der Waals surface area (Å²) in [4.78, 5) is 31.4. The molecular weight excluding hydrogens is 399 g/mol. The van der Waals surface area contributed by atoms with Gasteiger partial charge < -0.3 is 19.9 Å². The van der Waals surface area contributed by atoms with E-state index in [0.29, 0.717) is 16.6 Å². The van der Waals surface area contributed by atoms with E-state index < -0.39 is 5.82 Å². The summed E-state index contributed by atoms with van der Waals surface area (Å²) in [5.41, 5.74) is 0.629. The Kier molecular flexibility index (Phi) is 6.29. The van der Waals surface area contributed by atoms with Crippen molar-refractivity contribution in [3.63, 3.8) is 0 Å². The van der Waals surface area contributed by atoms with E-state index in [9.17, 15) is 14.0 Å². The van der Waals surface area contributed by atoms with Crippen LogP contribution in [-0.4, -0.2) is 60.0 Å². The van der Waals surface area contributed by atoms with E-state index in [-0.39, 0.29) is 29.5 Å². The third-order valence-corrected chi connectivity index (χ3v) is 5.43. The predicted octanol–water partition coefficient (Wildman–Crippen LogP) is 3.04. The molecule has 1 aliphatic heterocycles. The molecule has 31 heavy (non-hydrogen) atoms. The van der Waals surface area contributed by atoms with Crippen LogP contribution in [0.5, 0.6) is 11.5 Å². The highest BCUT2D eigenvalue weighted by molar-refractivity contribution is 5.92. The molecule has 1 aromatic heterocycles. The van der Waals surface area contributed by atoms with Crippen LogP contribution in [0.25, 0.3) is 10.9 Å². The topological polar surface area (TPSA) is 77.7 Å². The van der Waals surface area contributed by atoms with Gasteiger partial charge in [-0.3, -0.25) is 14.5 Å². The standard InChI is InChI=1S/C23H25FN4O3/c1-2-27-9-11-28(12-10-27)15-23(30)25-16-7-8-20(18(24)13-16)31-21-14-22(29)26-19-6-4-3-5-17(19)21/h3-8,13-14H,2,9-12,15H2,1H3,(H,25,30)(H,26,29). The number of fused-ring (bicyclic) bond motifs is 1. The number of aromatic nitrogens is 1. The van der Waals surface area contributed by atoms with Gasteiger partial charge in [0.1, 0.15) is 5.75 Å². The van der Waals surface area contributed by atoms with Gasteiger partial charge in [0.05, 0.1) is 12.1 Å². The Morgan fingerprint density at radius 2 is 1.81 bits per heavy atom. The summed E-state index contributed by atoms with van der Waals surface area (Å²) in [5, 5.41) is 3.41. The predicted molar refractivity (Wildman–Crippen MR) is 118 cm³/mol. The fourth-order valence-corrected chi connectivity index (χ4v) is 3.70. The first-order chi connectivity index (χ1) is 15.0. The number of aromatic amines is 1. The van der Waals surface area contributed by atoms with Gasteiger partial charge in [0.2, 0.25) is 5.91 Å². The Bertz CT molecular complexity index is 1140. The highest BCUT2D eigenvalue weighted by atomic mass is 19.1. The van der Waals surface area contributed by atoms with Gasteiger partial charge in [-0.15, -0.1) is 0 Å². The number of anilines is 1. The number of para-hydroxylation sites is 1. The molecule has 1 fully saturated rings. The second kappa shape index (κ2) is 9.28. The number of pyridine rings is 1. The molecule has 7 nitrogen and oxygen atoms in total. The molecule has 0 bridgehead atoms. The number of nitrogens with zero attached hydrogens (tertiary/aromatic N) is 2. The molecular formula is C23H25FN4O3. The fraction of sp³-hybridized carbons (Fsp3) is 0.304. The van der Waals surface area contributed by atoms with E-state index in [0.717, 1.165) is 32.7 Å². The van der Waals surface area contributed by atoms with Crippen LogP contribution in [0.15, 0.2) is 53.3 Å². The van der Waals surface area contributed by atoms with E-state index in [4.69, 9.17) is 4.74 Å². The van der Waals surface area contributed by atoms with Crippen molar-refractivity contribution in [1.29, 1.82) is 0 Å². The number of amides is 1. The molecule has 2 heterocycles. The van der Waals surface area contributed by atoms with Crippen LogP contribution in [0.3, 0.4) is 0 Å². The molecule has 1 amide bonds. The van der Waals surface area contributed by atoms with Gasteiger partial charge in [-0.25, -0.2) is 4.39 Å². The minimum atomic E-state index is -0.626. The lowest BCUT2D eigenvalue weighted by molar-refractivity contribution is -0.117. The summed E-state index contributed by atoms with van der Waals surface area (Å²) in [6, 6.07) is 12.7. The molecule has 0 radical (unpaired) electrons. The number of likely N-dealkylation sites (N-methyl/N-ethyl adjacent to an activating group) is 1. The van der Waals surface area contributed by atoms with Gasteiger partial charge in [0, 0.05) is 49.4 Å². The lowest BCUT2D eigenvalue weighted by Crippen LogP contribution is -2.48. The van der Waals surface area contributed by atoms with Crippen LogP contribution < -0.4 is 15.6 Å². The minimum Gasteiger partial charge on any atom is -0.453 e. The Labute approximate surface area is 179 Å². The van der Waals surface area contributed by atoms with E-state index in [1.165, 1.54) is 18.2 Å². The maximum Gasteiger partial charge on any atom is 0.252 e. The van der Waals surface area contributed by atoms with Crippen LogP contribution in [0.4, 0.5) is 10.1 Å². The van der Waals surface area contributed by atoms with Gasteiger partial charge in [-0.2, -0.15) is 0 Å². The molecule has 2 aromatic carbocycles. The third-order valence-electron chi connectivity index (χ3n) is 5.43. The molecule has 0 spiro atoms. The van der Waals surface area contributed by atoms with Crippen molar-refractivity contribution < 1.29 is 13.9 Å². The number of hydrogen-bond donors (Lipinski definition) is 2. The van der Waals surface area contributed by atoms with Crippen LogP contribution >= 0.6 is 0 Å². The highest BCUT2D eigenvalue weighted by Crippen LogP contribution is 2.30. The van der Waals surface area contributed by atoms with Crippen LogP contribution in [-0.2, 0) is 4.79 Å². The number of piperazine rings is 1. The first-order valence-corrected chi connectivity index (χ1v) is 10.4. The largest absolute Gasteiger partial charge is 0.453 e. The zero-order valence-corrected chi connectivity index (χ0v) is 17.4. The maximum atomic E-state index is 14.6. The number of carbonyl (C=O) groups is 1. The van der Waals surface area contributed by atoms with Gasteiger partial charge in [-0.1, -0.05) is 19.1 Å². The number of hydrogen-bond acceptors (Lipinski definition) is 5. The lowest BCUT2D eigenvalue weighted by Gasteiger charge is -2.33. The van der Waals surface area contributed by atoms with Gasteiger partial charge in [-0.05, 0) is 30.8 Å². The summed E-state index contributed by atoms with van der Waals surface area (Å²) in [7, 11) is 0. The summed E-state index contributed by atoms with van der Waals surface area (Å²) in [6.45, 7) is 6.99. The molecule has 4 rings (SSSR count). The number of rotatable bonds is 6. The van der Waals surface area contributed by atoms with Gasteiger partial charge in [0.15, 0.2) is 11.6 Å². The Morgan fingerprint density at radius 1 is 1.06 bits per heavy atom. The molecule has 1 aliphatic rings. The number of halogens is 1. The Morgan fingerprint density at radius 3 is 2.55 bits per heavy atom. The van der Waals surface area contributed by atoms with E-state index in [1.54, 1.807) is 24.3 Å². The molecule has 0 unspecified atom stereocenters. The smallest absolute Gasteiger partial charge is 0.252 e. The fourth-order valence-electron chi connectivity index (χ4n) is 3.70. The van der Waals surface area contributed by atoms with Gasteiger partial charge >= 0.3 is 0 Å². The SMILES string of the molecule is CCN1CCN(CC(=O)Nc2ccc(Oc3cc(=O)[nH]c4ccccc34)c(F)c2)CC1. The number of benzene rings is 2. The van der Waals surface area contributed by atoms with Crippen LogP contribution in [0.2, 0.25) is 0 Å². The molecule has 2 N–H and O–H groups in total. The summed E-state index contributed by atoms with van der Waals surface area (Å²) >= 11 is 0. The van der Waals surface area contributed by atoms with Crippen LogP contribution in [0.1, 0.15) is 6.92 Å². The van der Waals surface area contributed by atoms with Crippen LogP contribution in [0, 0.1) is 5.82 Å². The Balaban J connectivity index is 1.42. The van der Waals surface area contributed by atoms with Crippen molar-refractivity contribution in [2.24, 2.45) is 0 Å². The molecule has 0 atom stereocenters. The summed E-state index contributed by atoms with van der Waals surface area (Å²) in [5.74, 6) is -0.567. The average molecular weight is 424 g/mol. The van der Waals surface area contributed by atoms with E-state index >= 15 is 0 Å². The number of nitrogens with one attached hydrogen (secondary N) is 2. The second-order valence-electron chi connectivity index (χ2n) is 7.55. The normalized spacial score (nSPS) is 15.2. The lowest BCUT2D eigenvalue weighted by atomic mass is 10.2. The molecule has 1 saturated heterocycles. The van der Waals surface area contributed by atoms with Crippen molar-refractivity contribution >= 4 is 22.5 Å². The van der Waals surface area contributed by atoms with Crippen molar-refractivity contribution in [3.05, 3.63) is 64.7 Å². The minimum absolute atomic E-state index is 0.0237. The zero-order chi connectivity index (χ0) is 21.8. The maximum absolute atomic E-state index is 14.6. The molecule has 162 valence electrons. The molecule has 3 aromatic rings. The van der Waals surface area contributed by atoms with Crippen molar-refractivity contribution in [3.8, 4) is 11.5 Å². The average Bonchev–Trinajstić information content (AvgIpc) is 2.76. The van der Waals surface area contributed by atoms with Gasteiger partial charge in [0.25, 0.3) is 5.56 Å². The highest BCUT2D eigenvalue weighted by Gasteiger charge is 2.18. The van der Waals surface area contributed by atoms with E-state index in [1.807, 2.05) is 6.07 Å². The Hall–Kier alpha value is -3.23. The molecule has 0 aliphatic carbocycles. The number of carbonyl (C=O) groups excluding carboxylic acids is 1. The zero-order valence-electron chi connectivity index (χ0n) is 17.4. The number of H-pyrrole nitrogens is 1. The summed E-state index contributed by atoms with van der Waals surface area (Å²) in [6.07, 6.45) is 0. The molecule has 8 heteroatoms.